The first-order valence-electron chi connectivity index (χ1n) is 5.68. The number of benzene rings is 2. The number of aromatic carboxylic acids is 1. The molecule has 0 aliphatic heterocycles. The number of anilines is 1. The Hall–Kier alpha value is -2.34. The molecule has 0 aromatic heterocycles. The first kappa shape index (κ1) is 14.1. The molecule has 6 heteroatoms. The summed E-state index contributed by atoms with van der Waals surface area (Å²) in [6.45, 7) is 0. The monoisotopic (exact) mass is 334 g/mol. The largest absolute Gasteiger partial charge is 0.507 e. The second-order valence-electron chi connectivity index (χ2n) is 3.93. The van der Waals surface area contributed by atoms with Gasteiger partial charge < -0.3 is 10.2 Å². The van der Waals surface area contributed by atoms with Gasteiger partial charge in [0.05, 0.1) is 17.5 Å². The highest BCUT2D eigenvalue weighted by molar-refractivity contribution is 9.10. The maximum atomic E-state index is 10.9. The summed E-state index contributed by atoms with van der Waals surface area (Å²) < 4.78 is 0.848. The van der Waals surface area contributed by atoms with Gasteiger partial charge in [0.15, 0.2) is 0 Å². The summed E-state index contributed by atoms with van der Waals surface area (Å²) in [4.78, 5) is 10.9. The number of phenolic OH excluding ortho intramolecular Hbond substituents is 1. The van der Waals surface area contributed by atoms with Gasteiger partial charge in [-0.15, -0.1) is 0 Å². The molecule has 0 saturated carbocycles. The van der Waals surface area contributed by atoms with Crippen molar-refractivity contribution in [3.63, 3.8) is 0 Å². The molecule has 0 saturated heterocycles. The average Bonchev–Trinajstić information content (AvgIpc) is 2.42. The third kappa shape index (κ3) is 3.36. The highest BCUT2D eigenvalue weighted by Crippen LogP contribution is 2.21. The Morgan fingerprint density at radius 2 is 2.00 bits per heavy atom. The molecule has 0 aliphatic rings. The van der Waals surface area contributed by atoms with Crippen LogP contribution in [0.5, 0.6) is 5.75 Å². The third-order valence-corrected chi connectivity index (χ3v) is 3.23. The van der Waals surface area contributed by atoms with E-state index in [2.05, 4.69) is 26.5 Å². The van der Waals surface area contributed by atoms with E-state index in [0.29, 0.717) is 5.56 Å². The van der Waals surface area contributed by atoms with Crippen molar-refractivity contribution in [1.29, 1.82) is 0 Å². The summed E-state index contributed by atoms with van der Waals surface area (Å²) >= 11 is 3.36. The number of carboxylic acid groups (broad SMARTS) is 1. The Kier molecular flexibility index (Phi) is 4.37. The molecule has 2 aromatic carbocycles. The molecular formula is C14H11BrN2O3. The predicted molar refractivity (Wildman–Crippen MR) is 80.4 cm³/mol. The smallest absolute Gasteiger partial charge is 0.335 e. The number of hydrogen-bond donors (Lipinski definition) is 3. The van der Waals surface area contributed by atoms with E-state index in [1.807, 2.05) is 24.3 Å². The summed E-state index contributed by atoms with van der Waals surface area (Å²) in [6.07, 6.45) is 1.36. The molecule has 0 bridgehead atoms. The molecule has 20 heavy (non-hydrogen) atoms. The summed E-state index contributed by atoms with van der Waals surface area (Å²) in [6, 6.07) is 11.4. The SMILES string of the molecule is O=C(O)c1ccc(O)c(C=NNc2ccccc2Br)c1. The lowest BCUT2D eigenvalue weighted by molar-refractivity contribution is 0.0697. The Bertz CT molecular complexity index is 671. The van der Waals surface area contributed by atoms with E-state index in [9.17, 15) is 9.90 Å². The summed E-state index contributed by atoms with van der Waals surface area (Å²) in [5, 5.41) is 22.5. The number of halogens is 1. The van der Waals surface area contributed by atoms with Gasteiger partial charge in [-0.1, -0.05) is 12.1 Å². The minimum atomic E-state index is -1.06. The van der Waals surface area contributed by atoms with E-state index in [-0.39, 0.29) is 11.3 Å². The van der Waals surface area contributed by atoms with Crippen LogP contribution >= 0.6 is 15.9 Å². The highest BCUT2D eigenvalue weighted by atomic mass is 79.9. The zero-order valence-electron chi connectivity index (χ0n) is 10.2. The van der Waals surface area contributed by atoms with Gasteiger partial charge >= 0.3 is 5.97 Å². The van der Waals surface area contributed by atoms with Crippen molar-refractivity contribution in [2.45, 2.75) is 0 Å². The van der Waals surface area contributed by atoms with Gasteiger partial charge in [0, 0.05) is 10.0 Å². The van der Waals surface area contributed by atoms with Crippen LogP contribution in [0.4, 0.5) is 5.69 Å². The first-order chi connectivity index (χ1) is 9.58. The van der Waals surface area contributed by atoms with Crippen LogP contribution in [0, 0.1) is 0 Å². The fourth-order valence-electron chi connectivity index (χ4n) is 1.51. The number of carboxylic acids is 1. The minimum Gasteiger partial charge on any atom is -0.507 e. The topological polar surface area (TPSA) is 81.9 Å². The molecule has 0 fully saturated rings. The lowest BCUT2D eigenvalue weighted by Gasteiger charge is -2.03. The average molecular weight is 335 g/mol. The van der Waals surface area contributed by atoms with Crippen molar-refractivity contribution in [2.24, 2.45) is 5.10 Å². The van der Waals surface area contributed by atoms with Crippen molar-refractivity contribution in [3.8, 4) is 5.75 Å². The number of hydrazone groups is 1. The highest BCUT2D eigenvalue weighted by Gasteiger charge is 2.06. The van der Waals surface area contributed by atoms with Gasteiger partial charge in [-0.25, -0.2) is 4.79 Å². The molecule has 0 heterocycles. The summed E-state index contributed by atoms with van der Waals surface area (Å²) in [5.74, 6) is -1.09. The van der Waals surface area contributed by atoms with E-state index in [1.54, 1.807) is 0 Å². The maximum absolute atomic E-state index is 10.9. The van der Waals surface area contributed by atoms with Gasteiger partial charge in [0.2, 0.25) is 0 Å². The molecule has 0 atom stereocenters. The van der Waals surface area contributed by atoms with Crippen molar-refractivity contribution in [2.75, 3.05) is 5.43 Å². The number of hydrogen-bond acceptors (Lipinski definition) is 4. The molecule has 102 valence electrons. The number of phenols is 1. The second-order valence-corrected chi connectivity index (χ2v) is 4.78. The fourth-order valence-corrected chi connectivity index (χ4v) is 1.89. The predicted octanol–water partition coefficient (Wildman–Crippen LogP) is 3.30. The molecule has 0 unspecified atom stereocenters. The van der Waals surface area contributed by atoms with E-state index in [4.69, 9.17) is 5.11 Å². The van der Waals surface area contributed by atoms with E-state index < -0.39 is 5.97 Å². The summed E-state index contributed by atoms with van der Waals surface area (Å²) in [5.41, 5.74) is 3.97. The van der Waals surface area contributed by atoms with Gasteiger partial charge in [0.25, 0.3) is 0 Å². The number of nitrogens with zero attached hydrogens (tertiary/aromatic N) is 1. The molecule has 0 aliphatic carbocycles. The number of para-hydroxylation sites is 1. The molecular weight excluding hydrogens is 324 g/mol. The van der Waals surface area contributed by atoms with Crippen LogP contribution < -0.4 is 5.43 Å². The normalized spacial score (nSPS) is 10.7. The van der Waals surface area contributed by atoms with Crippen molar-refractivity contribution < 1.29 is 15.0 Å². The molecule has 0 radical (unpaired) electrons. The number of aromatic hydroxyl groups is 1. The second kappa shape index (κ2) is 6.21. The molecule has 2 rings (SSSR count). The van der Waals surface area contributed by atoms with Crippen LogP contribution in [-0.4, -0.2) is 22.4 Å². The lowest BCUT2D eigenvalue weighted by atomic mass is 10.1. The lowest BCUT2D eigenvalue weighted by Crippen LogP contribution is -1.98. The van der Waals surface area contributed by atoms with Gasteiger partial charge in [0.1, 0.15) is 5.75 Å². The number of nitrogens with one attached hydrogen (secondary N) is 1. The molecule has 0 amide bonds. The quantitative estimate of drug-likeness (QED) is 0.591. The van der Waals surface area contributed by atoms with Crippen LogP contribution in [0.2, 0.25) is 0 Å². The van der Waals surface area contributed by atoms with E-state index >= 15 is 0 Å². The van der Waals surface area contributed by atoms with E-state index in [0.717, 1.165) is 10.2 Å². The van der Waals surface area contributed by atoms with Crippen molar-refractivity contribution in [3.05, 3.63) is 58.1 Å². The Morgan fingerprint density at radius 1 is 1.25 bits per heavy atom. The zero-order valence-corrected chi connectivity index (χ0v) is 11.8. The third-order valence-electron chi connectivity index (χ3n) is 2.54. The molecule has 5 nitrogen and oxygen atoms in total. The Labute approximate surface area is 123 Å². The zero-order chi connectivity index (χ0) is 14.5. The molecule has 2 aromatic rings. The number of rotatable bonds is 4. The Morgan fingerprint density at radius 3 is 2.70 bits per heavy atom. The van der Waals surface area contributed by atoms with Gasteiger partial charge in [-0.3, -0.25) is 5.43 Å². The van der Waals surface area contributed by atoms with E-state index in [1.165, 1.54) is 24.4 Å². The van der Waals surface area contributed by atoms with Gasteiger partial charge in [-0.2, -0.15) is 5.10 Å². The van der Waals surface area contributed by atoms with Crippen molar-refractivity contribution in [1.82, 2.24) is 0 Å². The number of carbonyl (C=O) groups is 1. The van der Waals surface area contributed by atoms with Crippen molar-refractivity contribution >= 4 is 33.8 Å². The fraction of sp³-hybridized carbons (Fsp3) is 0. The van der Waals surface area contributed by atoms with Crippen LogP contribution in [0.15, 0.2) is 52.0 Å². The minimum absolute atomic E-state index is 0.0346. The maximum Gasteiger partial charge on any atom is 0.335 e. The van der Waals surface area contributed by atoms with Crippen LogP contribution in [0.25, 0.3) is 0 Å². The molecule has 0 spiro atoms. The van der Waals surface area contributed by atoms with Gasteiger partial charge in [-0.05, 0) is 46.3 Å². The van der Waals surface area contributed by atoms with Crippen LogP contribution in [-0.2, 0) is 0 Å². The first-order valence-corrected chi connectivity index (χ1v) is 6.47. The summed E-state index contributed by atoms with van der Waals surface area (Å²) in [7, 11) is 0. The Balaban J connectivity index is 2.17. The van der Waals surface area contributed by atoms with Crippen LogP contribution in [0.1, 0.15) is 15.9 Å². The van der Waals surface area contributed by atoms with Crippen LogP contribution in [0.3, 0.4) is 0 Å². The standard InChI is InChI=1S/C14H11BrN2O3/c15-11-3-1-2-4-12(11)17-16-8-10-7-9(14(19)20)5-6-13(10)18/h1-8,17-18H,(H,19,20). The molecule has 3 N–H and O–H groups in total.